The maximum atomic E-state index is 12.5. The Hall–Kier alpha value is -1.95. The molecule has 0 radical (unpaired) electrons. The second kappa shape index (κ2) is 7.08. The van der Waals surface area contributed by atoms with E-state index in [1.807, 2.05) is 46.9 Å². The predicted molar refractivity (Wildman–Crippen MR) is 91.2 cm³/mol. The summed E-state index contributed by atoms with van der Waals surface area (Å²) in [6.45, 7) is 3.73. The van der Waals surface area contributed by atoms with Gasteiger partial charge in [-0.25, -0.2) is 4.98 Å². The standard InChI is InChI=1S/C17H21N3O2S/c1-13(16(21)19-10-3-4-11-19)23-17-18-9-12-20(17)14-5-7-15(22-2)8-6-14/h5-9,12-13H,3-4,10-11H2,1-2H3/t13-/m0/s1. The zero-order chi connectivity index (χ0) is 16.2. The van der Waals surface area contributed by atoms with Crippen LogP contribution in [0.2, 0.25) is 0 Å². The Balaban J connectivity index is 1.73. The molecule has 1 saturated heterocycles. The highest BCUT2D eigenvalue weighted by Gasteiger charge is 2.25. The van der Waals surface area contributed by atoms with Gasteiger partial charge < -0.3 is 9.64 Å². The van der Waals surface area contributed by atoms with Crippen molar-refractivity contribution in [3.8, 4) is 11.4 Å². The number of aromatic nitrogens is 2. The van der Waals surface area contributed by atoms with Gasteiger partial charge in [-0.1, -0.05) is 11.8 Å². The molecule has 0 saturated carbocycles. The first kappa shape index (κ1) is 15.9. The number of ether oxygens (including phenoxy) is 1. The SMILES string of the molecule is COc1ccc(-n2ccnc2S[C@@H](C)C(=O)N2CCCC2)cc1. The third kappa shape index (κ3) is 3.52. The van der Waals surface area contributed by atoms with Gasteiger partial charge in [0, 0.05) is 31.2 Å². The van der Waals surface area contributed by atoms with Crippen molar-refractivity contribution in [1.82, 2.24) is 14.5 Å². The highest BCUT2D eigenvalue weighted by atomic mass is 32.2. The lowest BCUT2D eigenvalue weighted by Gasteiger charge is -2.20. The van der Waals surface area contributed by atoms with Crippen LogP contribution in [0.3, 0.4) is 0 Å². The molecule has 1 aromatic carbocycles. The number of benzene rings is 1. The van der Waals surface area contributed by atoms with Gasteiger partial charge >= 0.3 is 0 Å². The monoisotopic (exact) mass is 331 g/mol. The molecule has 2 heterocycles. The number of rotatable bonds is 5. The van der Waals surface area contributed by atoms with Crippen LogP contribution in [0, 0.1) is 0 Å². The van der Waals surface area contributed by atoms with Crippen LogP contribution >= 0.6 is 11.8 Å². The van der Waals surface area contributed by atoms with Gasteiger partial charge in [0.25, 0.3) is 0 Å². The molecule has 0 bridgehead atoms. The van der Waals surface area contributed by atoms with Crippen molar-refractivity contribution in [2.24, 2.45) is 0 Å². The number of carbonyl (C=O) groups excluding carboxylic acids is 1. The van der Waals surface area contributed by atoms with Crippen LogP contribution in [-0.2, 0) is 4.79 Å². The Morgan fingerprint density at radius 3 is 2.61 bits per heavy atom. The maximum Gasteiger partial charge on any atom is 0.235 e. The molecule has 0 unspecified atom stereocenters. The molecule has 122 valence electrons. The number of carbonyl (C=O) groups is 1. The Bertz CT molecular complexity index is 663. The van der Waals surface area contributed by atoms with E-state index in [0.29, 0.717) is 0 Å². The summed E-state index contributed by atoms with van der Waals surface area (Å²) in [5.41, 5.74) is 1.01. The second-order valence-corrected chi connectivity index (χ2v) is 6.88. The molecular formula is C17H21N3O2S. The van der Waals surface area contributed by atoms with Crippen LogP contribution < -0.4 is 4.74 Å². The van der Waals surface area contributed by atoms with E-state index in [-0.39, 0.29) is 11.2 Å². The molecule has 0 aliphatic carbocycles. The third-order valence-corrected chi connectivity index (χ3v) is 5.07. The molecule has 3 rings (SSSR count). The minimum atomic E-state index is -0.132. The fraction of sp³-hybridized carbons (Fsp3) is 0.412. The Morgan fingerprint density at radius 2 is 1.96 bits per heavy atom. The molecule has 0 N–H and O–H groups in total. The van der Waals surface area contributed by atoms with Gasteiger partial charge in [0.1, 0.15) is 5.75 Å². The lowest BCUT2D eigenvalue weighted by molar-refractivity contribution is -0.129. The van der Waals surface area contributed by atoms with E-state index >= 15 is 0 Å². The maximum absolute atomic E-state index is 12.5. The first-order valence-electron chi connectivity index (χ1n) is 7.82. The van der Waals surface area contributed by atoms with Crippen LogP contribution in [-0.4, -0.2) is 45.8 Å². The minimum Gasteiger partial charge on any atom is -0.497 e. The van der Waals surface area contributed by atoms with Gasteiger partial charge in [0.2, 0.25) is 5.91 Å². The van der Waals surface area contributed by atoms with Gasteiger partial charge in [-0.05, 0) is 44.0 Å². The third-order valence-electron chi connectivity index (χ3n) is 4.01. The molecule has 1 atom stereocenters. The fourth-order valence-corrected chi connectivity index (χ4v) is 3.69. The molecule has 5 nitrogen and oxygen atoms in total. The average Bonchev–Trinajstić information content (AvgIpc) is 3.26. The van der Waals surface area contributed by atoms with Gasteiger partial charge in [0.05, 0.1) is 12.4 Å². The Labute approximate surface area is 140 Å². The fourth-order valence-electron chi connectivity index (χ4n) is 2.72. The van der Waals surface area contributed by atoms with Crippen molar-refractivity contribution < 1.29 is 9.53 Å². The smallest absolute Gasteiger partial charge is 0.235 e. The normalized spacial score (nSPS) is 15.7. The van der Waals surface area contributed by atoms with Crippen molar-refractivity contribution >= 4 is 17.7 Å². The summed E-state index contributed by atoms with van der Waals surface area (Å²) in [5, 5.41) is 0.697. The van der Waals surface area contributed by atoms with Crippen molar-refractivity contribution in [1.29, 1.82) is 0 Å². The van der Waals surface area contributed by atoms with E-state index in [9.17, 15) is 4.79 Å². The lowest BCUT2D eigenvalue weighted by atomic mass is 10.3. The number of likely N-dealkylation sites (tertiary alicyclic amines) is 1. The summed E-state index contributed by atoms with van der Waals surface area (Å²) in [7, 11) is 1.65. The zero-order valence-electron chi connectivity index (χ0n) is 13.4. The van der Waals surface area contributed by atoms with E-state index < -0.39 is 0 Å². The summed E-state index contributed by atoms with van der Waals surface area (Å²) >= 11 is 1.51. The summed E-state index contributed by atoms with van der Waals surface area (Å²) in [6.07, 6.45) is 5.91. The van der Waals surface area contributed by atoms with E-state index in [0.717, 1.165) is 42.5 Å². The first-order valence-corrected chi connectivity index (χ1v) is 8.70. The van der Waals surface area contributed by atoms with Crippen molar-refractivity contribution in [2.45, 2.75) is 30.2 Å². The number of amides is 1. The molecule has 1 amide bonds. The topological polar surface area (TPSA) is 47.4 Å². The quantitative estimate of drug-likeness (QED) is 0.790. The summed E-state index contributed by atoms with van der Waals surface area (Å²) in [6, 6.07) is 7.81. The lowest BCUT2D eigenvalue weighted by Crippen LogP contribution is -2.34. The van der Waals surface area contributed by atoms with E-state index in [1.165, 1.54) is 11.8 Å². The predicted octanol–water partition coefficient (Wildman–Crippen LogP) is 2.98. The van der Waals surface area contributed by atoms with Crippen LogP contribution in [0.5, 0.6) is 5.75 Å². The first-order chi connectivity index (χ1) is 11.2. The number of methoxy groups -OCH3 is 1. The van der Waals surface area contributed by atoms with Crippen LogP contribution in [0.1, 0.15) is 19.8 Å². The largest absolute Gasteiger partial charge is 0.497 e. The molecule has 23 heavy (non-hydrogen) atoms. The van der Waals surface area contributed by atoms with E-state index in [4.69, 9.17) is 4.74 Å². The Kier molecular flexibility index (Phi) is 4.91. The highest BCUT2D eigenvalue weighted by molar-refractivity contribution is 8.00. The summed E-state index contributed by atoms with van der Waals surface area (Å²) < 4.78 is 7.19. The van der Waals surface area contributed by atoms with Gasteiger partial charge in [-0.2, -0.15) is 0 Å². The summed E-state index contributed by atoms with van der Waals surface area (Å²) in [5.74, 6) is 1.03. The molecular weight excluding hydrogens is 310 g/mol. The number of hydrogen-bond donors (Lipinski definition) is 0. The summed E-state index contributed by atoms with van der Waals surface area (Å²) in [4.78, 5) is 18.8. The van der Waals surface area contributed by atoms with Gasteiger partial charge in [-0.3, -0.25) is 9.36 Å². The van der Waals surface area contributed by atoms with Gasteiger partial charge in [0.15, 0.2) is 5.16 Å². The molecule has 2 aromatic rings. The molecule has 1 aliphatic heterocycles. The van der Waals surface area contributed by atoms with Crippen molar-refractivity contribution in [3.05, 3.63) is 36.7 Å². The number of hydrogen-bond acceptors (Lipinski definition) is 4. The van der Waals surface area contributed by atoms with Crippen LogP contribution in [0.25, 0.3) is 5.69 Å². The second-order valence-electron chi connectivity index (χ2n) is 5.57. The van der Waals surface area contributed by atoms with Crippen LogP contribution in [0.15, 0.2) is 41.8 Å². The molecule has 6 heteroatoms. The minimum absolute atomic E-state index is 0.132. The van der Waals surface area contributed by atoms with E-state index in [1.54, 1.807) is 13.3 Å². The zero-order valence-corrected chi connectivity index (χ0v) is 14.3. The molecule has 1 aromatic heterocycles. The molecule has 1 fully saturated rings. The molecule has 0 spiro atoms. The number of thioether (sulfide) groups is 1. The van der Waals surface area contributed by atoms with Crippen molar-refractivity contribution in [2.75, 3.05) is 20.2 Å². The van der Waals surface area contributed by atoms with Crippen LogP contribution in [0.4, 0.5) is 0 Å². The van der Waals surface area contributed by atoms with Gasteiger partial charge in [-0.15, -0.1) is 0 Å². The number of imidazole rings is 1. The van der Waals surface area contributed by atoms with E-state index in [2.05, 4.69) is 4.98 Å². The Morgan fingerprint density at radius 1 is 1.26 bits per heavy atom. The van der Waals surface area contributed by atoms with Crippen molar-refractivity contribution in [3.63, 3.8) is 0 Å². The highest BCUT2D eigenvalue weighted by Crippen LogP contribution is 2.27. The number of nitrogens with zero attached hydrogens (tertiary/aromatic N) is 3. The molecule has 1 aliphatic rings. The average molecular weight is 331 g/mol.